The van der Waals surface area contributed by atoms with Gasteiger partial charge in [0.25, 0.3) is 0 Å². The minimum absolute atomic E-state index is 0.0301. The lowest BCUT2D eigenvalue weighted by atomic mass is 9.66. The Morgan fingerprint density at radius 1 is 0.881 bits per heavy atom. The summed E-state index contributed by atoms with van der Waals surface area (Å²) < 4.78 is 51.5. The van der Waals surface area contributed by atoms with Crippen LogP contribution in [0.15, 0.2) is 24.3 Å². The van der Waals surface area contributed by atoms with E-state index < -0.39 is 66.8 Å². The minimum atomic E-state index is -1.44. The zero-order chi connectivity index (χ0) is 29.3. The first-order chi connectivity index (χ1) is 20.3. The highest BCUT2D eigenvalue weighted by Crippen LogP contribution is 2.57. The van der Waals surface area contributed by atoms with E-state index in [-0.39, 0.29) is 37.3 Å². The number of fused-ring (bicyclic) bond motifs is 4. The summed E-state index contributed by atoms with van der Waals surface area (Å²) >= 11 is 0. The number of hydrogen-bond acceptors (Lipinski definition) is 13. The molecule has 226 valence electrons. The van der Waals surface area contributed by atoms with E-state index in [0.717, 1.165) is 0 Å². The van der Waals surface area contributed by atoms with Crippen LogP contribution in [0.2, 0.25) is 0 Å². The fourth-order valence-electron chi connectivity index (χ4n) is 6.74. The average molecular weight is 589 g/mol. The Balaban J connectivity index is 1.32. The van der Waals surface area contributed by atoms with Gasteiger partial charge in [0.2, 0.25) is 12.5 Å². The first kappa shape index (κ1) is 27.5. The van der Waals surface area contributed by atoms with Crippen LogP contribution in [0, 0.1) is 11.8 Å². The number of ether oxygens (including phenoxy) is 9. The lowest BCUT2D eigenvalue weighted by molar-refractivity contribution is -0.364. The van der Waals surface area contributed by atoms with Crippen molar-refractivity contribution in [1.29, 1.82) is 0 Å². The second-order valence-corrected chi connectivity index (χ2v) is 11.0. The van der Waals surface area contributed by atoms with Gasteiger partial charge in [-0.1, -0.05) is 0 Å². The topological polar surface area (TPSA) is 161 Å². The smallest absolute Gasteiger partial charge is 0.310 e. The van der Waals surface area contributed by atoms with Crippen LogP contribution in [0.5, 0.6) is 28.7 Å². The second-order valence-electron chi connectivity index (χ2n) is 11.0. The molecule has 0 radical (unpaired) electrons. The molecule has 0 spiro atoms. The normalized spacial score (nSPS) is 36.5. The van der Waals surface area contributed by atoms with Crippen LogP contribution < -0.4 is 18.9 Å². The van der Waals surface area contributed by atoms with Crippen molar-refractivity contribution >= 4 is 5.97 Å². The molecular weight excluding hydrogens is 556 g/mol. The van der Waals surface area contributed by atoms with Gasteiger partial charge in [-0.25, -0.2) is 0 Å². The minimum Gasteiger partial charge on any atom is -0.502 e. The molecule has 0 saturated carbocycles. The third-order valence-electron chi connectivity index (χ3n) is 8.75. The van der Waals surface area contributed by atoms with Gasteiger partial charge in [0.15, 0.2) is 35.6 Å². The summed E-state index contributed by atoms with van der Waals surface area (Å²) in [4.78, 5) is 13.4. The largest absolute Gasteiger partial charge is 0.502 e. The lowest BCUT2D eigenvalue weighted by Gasteiger charge is -2.47. The molecule has 3 N–H and O–H groups in total. The number of aromatic hydroxyl groups is 1. The van der Waals surface area contributed by atoms with Crippen molar-refractivity contribution < 1.29 is 62.7 Å². The van der Waals surface area contributed by atoms with Crippen LogP contribution in [0.25, 0.3) is 0 Å². The van der Waals surface area contributed by atoms with Gasteiger partial charge < -0.3 is 58.0 Å². The number of phenolic OH excluding ortho intramolecular Hbond substituents is 1. The fraction of sp³-hybridized carbons (Fsp3) is 0.552. The van der Waals surface area contributed by atoms with Crippen LogP contribution in [0.3, 0.4) is 0 Å². The van der Waals surface area contributed by atoms with Crippen LogP contribution in [0.1, 0.15) is 35.6 Å². The van der Waals surface area contributed by atoms with Crippen molar-refractivity contribution in [3.8, 4) is 28.7 Å². The number of carbonyl (C=O) groups is 1. The summed E-state index contributed by atoms with van der Waals surface area (Å²) in [5.41, 5.74) is 2.01. The summed E-state index contributed by atoms with van der Waals surface area (Å²) in [6.45, 7) is 1.93. The molecule has 0 amide bonds. The first-order valence-electron chi connectivity index (χ1n) is 13.8. The Morgan fingerprint density at radius 2 is 1.57 bits per heavy atom. The molecule has 5 unspecified atom stereocenters. The molecule has 13 heteroatoms. The summed E-state index contributed by atoms with van der Waals surface area (Å²) in [7, 11) is 2.86. The lowest BCUT2D eigenvalue weighted by Crippen LogP contribution is -2.63. The van der Waals surface area contributed by atoms with E-state index in [1.165, 1.54) is 14.2 Å². The summed E-state index contributed by atoms with van der Waals surface area (Å²) in [5, 5.41) is 32.5. The third kappa shape index (κ3) is 4.26. The zero-order valence-corrected chi connectivity index (χ0v) is 23.1. The van der Waals surface area contributed by atoms with Crippen LogP contribution >= 0.6 is 0 Å². The first-order valence-corrected chi connectivity index (χ1v) is 13.8. The van der Waals surface area contributed by atoms with Crippen molar-refractivity contribution in [2.24, 2.45) is 11.8 Å². The maximum absolute atomic E-state index is 13.4. The zero-order valence-electron chi connectivity index (χ0n) is 23.1. The number of carbonyl (C=O) groups excluding carboxylic acids is 1. The van der Waals surface area contributed by atoms with Crippen LogP contribution in [-0.2, 0) is 28.5 Å². The second kappa shape index (κ2) is 10.4. The molecule has 2 aromatic rings. The standard InChI is InChI=1S/C29H32O13/c1-11-36-9-20-27(40-11)24(31)25(32)29(41-20)42-26-14-7-17-16(38-10-39-17)6-13(14)21(22-15(26)8-37-28(22)33)12-4-18(34-2)23(30)19(5-12)35-3/h4-7,11,15,20-22,24-27,29-32H,8-10H2,1-3H3/t11?,15?,20?,21-,22+,24-,25?,26?,27-,29+/m1/s1. The van der Waals surface area contributed by atoms with E-state index in [1.807, 2.05) is 0 Å². The van der Waals surface area contributed by atoms with Crippen molar-refractivity contribution in [2.75, 3.05) is 34.2 Å². The molecule has 1 aliphatic carbocycles. The number of methoxy groups -OCH3 is 2. The Morgan fingerprint density at radius 3 is 2.26 bits per heavy atom. The van der Waals surface area contributed by atoms with E-state index in [4.69, 9.17) is 42.6 Å². The Kier molecular flexibility index (Phi) is 6.83. The fourth-order valence-corrected chi connectivity index (χ4v) is 6.74. The highest BCUT2D eigenvalue weighted by molar-refractivity contribution is 5.79. The predicted molar refractivity (Wildman–Crippen MR) is 138 cm³/mol. The van der Waals surface area contributed by atoms with E-state index >= 15 is 0 Å². The molecule has 10 atom stereocenters. The Bertz CT molecular complexity index is 1350. The highest BCUT2D eigenvalue weighted by Gasteiger charge is 2.56. The van der Waals surface area contributed by atoms with Gasteiger partial charge in [-0.3, -0.25) is 4.79 Å². The van der Waals surface area contributed by atoms with Gasteiger partial charge in [-0.05, 0) is 47.9 Å². The van der Waals surface area contributed by atoms with E-state index in [2.05, 4.69) is 0 Å². The number of rotatable bonds is 5. The number of aliphatic hydroxyl groups is 2. The number of aliphatic hydroxyl groups excluding tert-OH is 2. The number of cyclic esters (lactones) is 1. The van der Waals surface area contributed by atoms with Gasteiger partial charge >= 0.3 is 5.97 Å². The SMILES string of the molecule is COc1cc([C@@H]2c3cc4c(cc3C(O[C@@H]3OC5COC(C)O[C@H]5[C@H](O)C3O)C3COC(=O)[C@@H]32)OCO4)cc(OC)c1O. The molecule has 3 saturated heterocycles. The van der Waals surface area contributed by atoms with Gasteiger partial charge in [0.1, 0.15) is 24.4 Å². The maximum atomic E-state index is 13.4. The Hall–Kier alpha value is -3.33. The van der Waals surface area contributed by atoms with Crippen LogP contribution in [0.4, 0.5) is 0 Å². The van der Waals surface area contributed by atoms with Gasteiger partial charge in [0, 0.05) is 11.8 Å². The third-order valence-corrected chi connectivity index (χ3v) is 8.75. The molecule has 3 fully saturated rings. The van der Waals surface area contributed by atoms with E-state index in [0.29, 0.717) is 28.2 Å². The summed E-state index contributed by atoms with van der Waals surface area (Å²) in [6.07, 6.45) is -6.80. The maximum Gasteiger partial charge on any atom is 0.310 e. The number of hydrogen-bond donors (Lipinski definition) is 3. The molecule has 4 aliphatic heterocycles. The van der Waals surface area contributed by atoms with Gasteiger partial charge in [0.05, 0.1) is 39.5 Å². The molecular formula is C29H32O13. The van der Waals surface area contributed by atoms with Crippen molar-refractivity contribution in [3.05, 3.63) is 41.0 Å². The molecule has 4 heterocycles. The van der Waals surface area contributed by atoms with Crippen molar-refractivity contribution in [2.45, 2.75) is 55.9 Å². The molecule has 0 bridgehead atoms. The quantitative estimate of drug-likeness (QED) is 0.430. The average Bonchev–Trinajstić information content (AvgIpc) is 3.61. The van der Waals surface area contributed by atoms with E-state index in [1.54, 1.807) is 31.2 Å². The highest BCUT2D eigenvalue weighted by atomic mass is 16.8. The summed E-state index contributed by atoms with van der Waals surface area (Å²) in [6, 6.07) is 6.93. The Labute approximate surface area is 240 Å². The molecule has 0 aromatic heterocycles. The molecule has 2 aromatic carbocycles. The number of benzene rings is 2. The monoisotopic (exact) mass is 588 g/mol. The number of phenols is 1. The molecule has 5 aliphatic rings. The van der Waals surface area contributed by atoms with Gasteiger partial charge in [-0.2, -0.15) is 0 Å². The van der Waals surface area contributed by atoms with Gasteiger partial charge in [-0.15, -0.1) is 0 Å². The van der Waals surface area contributed by atoms with E-state index in [9.17, 15) is 20.1 Å². The number of esters is 1. The molecule has 7 rings (SSSR count). The predicted octanol–water partition coefficient (Wildman–Crippen LogP) is 1.34. The summed E-state index contributed by atoms with van der Waals surface area (Å²) in [5.74, 6) is -1.02. The van der Waals surface area contributed by atoms with Crippen molar-refractivity contribution in [1.82, 2.24) is 0 Å². The van der Waals surface area contributed by atoms with Crippen molar-refractivity contribution in [3.63, 3.8) is 0 Å². The molecule has 13 nitrogen and oxygen atoms in total. The van der Waals surface area contributed by atoms with Crippen LogP contribution in [-0.4, -0.2) is 92.5 Å². The molecule has 42 heavy (non-hydrogen) atoms.